The highest BCUT2D eigenvalue weighted by molar-refractivity contribution is 7.99. The summed E-state index contributed by atoms with van der Waals surface area (Å²) in [7, 11) is 3.05. The Hall–Kier alpha value is -2.55. The number of carbonyl (C=O) groups excluding carboxylic acids is 1. The summed E-state index contributed by atoms with van der Waals surface area (Å²) in [5.74, 6) is 0.927. The van der Waals surface area contributed by atoms with Gasteiger partial charge in [0.1, 0.15) is 17.7 Å². The molecule has 1 aromatic carbocycles. The van der Waals surface area contributed by atoms with Gasteiger partial charge in [-0.05, 0) is 12.1 Å². The minimum absolute atomic E-state index is 0.0732. The lowest BCUT2D eigenvalue weighted by atomic mass is 10.2. The van der Waals surface area contributed by atoms with Crippen LogP contribution in [-0.4, -0.2) is 41.1 Å². The van der Waals surface area contributed by atoms with Gasteiger partial charge in [0.05, 0.1) is 25.7 Å². The third-order valence-corrected chi connectivity index (χ3v) is 3.44. The van der Waals surface area contributed by atoms with Crippen molar-refractivity contribution in [2.75, 3.05) is 25.3 Å². The first-order valence-corrected chi connectivity index (χ1v) is 7.17. The van der Waals surface area contributed by atoms with Crippen molar-refractivity contribution in [3.63, 3.8) is 0 Å². The Kier molecular flexibility index (Phi) is 5.37. The average molecular weight is 322 g/mol. The molecule has 22 heavy (non-hydrogen) atoms. The largest absolute Gasteiger partial charge is 0.497 e. The van der Waals surface area contributed by atoms with Crippen molar-refractivity contribution >= 4 is 23.4 Å². The molecule has 0 spiro atoms. The Bertz CT molecular complexity index is 719. The zero-order valence-corrected chi connectivity index (χ0v) is 12.8. The SMILES string of the molecule is COc1ccc(NC(=O)CSc2nncc(=O)[nH]2)c(OC)c1. The van der Waals surface area contributed by atoms with Gasteiger partial charge in [0.2, 0.25) is 5.91 Å². The molecule has 2 N–H and O–H groups in total. The number of aromatic amines is 1. The Morgan fingerprint density at radius 1 is 1.36 bits per heavy atom. The molecule has 9 heteroatoms. The average Bonchev–Trinajstić information content (AvgIpc) is 2.53. The number of nitrogens with zero attached hydrogens (tertiary/aromatic N) is 2. The van der Waals surface area contributed by atoms with Crippen LogP contribution >= 0.6 is 11.8 Å². The van der Waals surface area contributed by atoms with Crippen LogP contribution in [0.4, 0.5) is 5.69 Å². The Morgan fingerprint density at radius 3 is 2.86 bits per heavy atom. The number of H-pyrrole nitrogens is 1. The van der Waals surface area contributed by atoms with Gasteiger partial charge in [0, 0.05) is 6.07 Å². The van der Waals surface area contributed by atoms with Gasteiger partial charge >= 0.3 is 0 Å². The number of methoxy groups -OCH3 is 2. The van der Waals surface area contributed by atoms with Crippen molar-refractivity contribution in [3.8, 4) is 11.5 Å². The van der Waals surface area contributed by atoms with E-state index in [1.165, 1.54) is 7.11 Å². The predicted molar refractivity (Wildman–Crippen MR) is 81.6 cm³/mol. The molecular weight excluding hydrogens is 308 g/mol. The summed E-state index contributed by atoms with van der Waals surface area (Å²) < 4.78 is 10.3. The Morgan fingerprint density at radius 2 is 2.18 bits per heavy atom. The van der Waals surface area contributed by atoms with Crippen molar-refractivity contribution in [1.29, 1.82) is 0 Å². The van der Waals surface area contributed by atoms with Gasteiger partial charge in [-0.25, -0.2) is 0 Å². The van der Waals surface area contributed by atoms with Crippen LogP contribution < -0.4 is 20.3 Å². The van der Waals surface area contributed by atoms with E-state index in [9.17, 15) is 9.59 Å². The number of benzene rings is 1. The zero-order chi connectivity index (χ0) is 15.9. The number of hydrogen-bond donors (Lipinski definition) is 2. The van der Waals surface area contributed by atoms with Gasteiger partial charge < -0.3 is 14.8 Å². The maximum Gasteiger partial charge on any atom is 0.270 e. The number of nitrogens with one attached hydrogen (secondary N) is 2. The second-order valence-electron chi connectivity index (χ2n) is 4.04. The number of amides is 1. The number of hydrogen-bond acceptors (Lipinski definition) is 7. The van der Waals surface area contributed by atoms with Crippen LogP contribution in [0.15, 0.2) is 34.3 Å². The maximum absolute atomic E-state index is 11.9. The smallest absolute Gasteiger partial charge is 0.270 e. The van der Waals surface area contributed by atoms with E-state index in [1.54, 1.807) is 25.3 Å². The lowest BCUT2D eigenvalue weighted by Crippen LogP contribution is -2.16. The molecule has 0 radical (unpaired) electrons. The van der Waals surface area contributed by atoms with Gasteiger partial charge in [0.25, 0.3) is 5.56 Å². The van der Waals surface area contributed by atoms with E-state index < -0.39 is 0 Å². The van der Waals surface area contributed by atoms with E-state index in [-0.39, 0.29) is 22.4 Å². The molecule has 1 heterocycles. The van der Waals surface area contributed by atoms with Crippen LogP contribution in [0, 0.1) is 0 Å². The van der Waals surface area contributed by atoms with Crippen LogP contribution in [0.1, 0.15) is 0 Å². The van der Waals surface area contributed by atoms with E-state index in [2.05, 4.69) is 20.5 Å². The summed E-state index contributed by atoms with van der Waals surface area (Å²) in [4.78, 5) is 25.5. The normalized spacial score (nSPS) is 10.1. The lowest BCUT2D eigenvalue weighted by Gasteiger charge is -2.11. The van der Waals surface area contributed by atoms with Gasteiger partial charge in [-0.15, -0.1) is 5.10 Å². The summed E-state index contributed by atoms with van der Waals surface area (Å²) >= 11 is 1.08. The fraction of sp³-hybridized carbons (Fsp3) is 0.231. The highest BCUT2D eigenvalue weighted by Crippen LogP contribution is 2.29. The minimum atomic E-state index is -0.366. The van der Waals surface area contributed by atoms with E-state index in [4.69, 9.17) is 9.47 Å². The van der Waals surface area contributed by atoms with E-state index >= 15 is 0 Å². The Labute approximate surface area is 130 Å². The maximum atomic E-state index is 11.9. The molecule has 2 rings (SSSR count). The molecule has 0 saturated carbocycles. The lowest BCUT2D eigenvalue weighted by molar-refractivity contribution is -0.113. The van der Waals surface area contributed by atoms with Crippen LogP contribution in [-0.2, 0) is 4.79 Å². The first kappa shape index (κ1) is 15.8. The summed E-state index contributed by atoms with van der Waals surface area (Å²) in [6.07, 6.45) is 1.06. The summed E-state index contributed by atoms with van der Waals surface area (Å²) in [5.41, 5.74) is 0.163. The van der Waals surface area contributed by atoms with Crippen molar-refractivity contribution in [3.05, 3.63) is 34.7 Å². The van der Waals surface area contributed by atoms with Gasteiger partial charge in [-0.1, -0.05) is 11.8 Å². The van der Waals surface area contributed by atoms with Crippen molar-refractivity contribution < 1.29 is 14.3 Å². The van der Waals surface area contributed by atoms with Crippen molar-refractivity contribution in [2.24, 2.45) is 0 Å². The molecule has 0 aliphatic carbocycles. The predicted octanol–water partition coefficient (Wildman–Crippen LogP) is 0.913. The van der Waals surface area contributed by atoms with Crippen molar-refractivity contribution in [2.45, 2.75) is 5.16 Å². The fourth-order valence-electron chi connectivity index (χ4n) is 1.58. The molecule has 1 aromatic heterocycles. The van der Waals surface area contributed by atoms with Crippen molar-refractivity contribution in [1.82, 2.24) is 15.2 Å². The molecule has 2 aromatic rings. The molecule has 8 nitrogen and oxygen atoms in total. The van der Waals surface area contributed by atoms with Gasteiger partial charge in [-0.3, -0.25) is 14.6 Å². The number of anilines is 1. The molecule has 1 amide bonds. The fourth-order valence-corrected chi connectivity index (χ4v) is 2.20. The van der Waals surface area contributed by atoms with Crippen LogP contribution in [0.5, 0.6) is 11.5 Å². The molecule has 0 saturated heterocycles. The molecule has 0 aliphatic rings. The highest BCUT2D eigenvalue weighted by Gasteiger charge is 2.10. The number of aromatic nitrogens is 3. The third kappa shape index (κ3) is 4.22. The number of ether oxygens (including phenoxy) is 2. The van der Waals surface area contributed by atoms with E-state index in [0.717, 1.165) is 18.0 Å². The number of rotatable bonds is 6. The number of thioether (sulfide) groups is 1. The summed E-state index contributed by atoms with van der Waals surface area (Å²) in [6, 6.07) is 5.07. The second-order valence-corrected chi connectivity index (χ2v) is 5.01. The quantitative estimate of drug-likeness (QED) is 0.761. The van der Waals surface area contributed by atoms with Crippen LogP contribution in [0.3, 0.4) is 0 Å². The summed E-state index contributed by atoms with van der Waals surface area (Å²) in [6.45, 7) is 0. The molecule has 0 fully saturated rings. The molecule has 0 bridgehead atoms. The first-order chi connectivity index (χ1) is 10.6. The number of carbonyl (C=O) groups is 1. The molecule has 0 aliphatic heterocycles. The van der Waals surface area contributed by atoms with E-state index in [0.29, 0.717) is 17.2 Å². The molecule has 0 unspecified atom stereocenters. The molecular formula is C13H14N4O4S. The summed E-state index contributed by atoms with van der Waals surface area (Å²) in [5, 5.41) is 10.2. The van der Waals surface area contributed by atoms with Gasteiger partial charge in [-0.2, -0.15) is 5.10 Å². The highest BCUT2D eigenvalue weighted by atomic mass is 32.2. The first-order valence-electron chi connectivity index (χ1n) is 6.19. The second kappa shape index (κ2) is 7.46. The Balaban J connectivity index is 1.98. The van der Waals surface area contributed by atoms with Crippen LogP contribution in [0.2, 0.25) is 0 Å². The standard InChI is InChI=1S/C13H14N4O4S/c1-20-8-3-4-9(10(5-8)21-2)15-12(19)7-22-13-16-11(18)6-14-17-13/h3-6H,7H2,1-2H3,(H,15,19)(H,16,17,18). The van der Waals surface area contributed by atoms with Gasteiger partial charge in [0.15, 0.2) is 5.16 Å². The molecule has 0 atom stereocenters. The minimum Gasteiger partial charge on any atom is -0.497 e. The topological polar surface area (TPSA) is 106 Å². The van der Waals surface area contributed by atoms with E-state index in [1.807, 2.05) is 0 Å². The van der Waals surface area contributed by atoms with Crippen LogP contribution in [0.25, 0.3) is 0 Å². The third-order valence-electron chi connectivity index (χ3n) is 2.58. The monoisotopic (exact) mass is 322 g/mol. The molecule has 116 valence electrons. The zero-order valence-electron chi connectivity index (χ0n) is 12.0.